The van der Waals surface area contributed by atoms with Gasteiger partial charge in [0.25, 0.3) is 0 Å². The van der Waals surface area contributed by atoms with Gasteiger partial charge in [-0.25, -0.2) is 0 Å². The minimum atomic E-state index is 0.296. The first-order valence-electron chi connectivity index (χ1n) is 7.49. The number of aliphatic hydroxyl groups excluding tert-OH is 1. The van der Waals surface area contributed by atoms with Crippen molar-refractivity contribution in [3.63, 3.8) is 0 Å². The van der Waals surface area contributed by atoms with Gasteiger partial charge in [-0.3, -0.25) is 0 Å². The first kappa shape index (κ1) is 16.2. The van der Waals surface area contributed by atoms with E-state index in [-0.39, 0.29) is 0 Å². The molecule has 2 unspecified atom stereocenters. The third-order valence-electron chi connectivity index (χ3n) is 3.69. The summed E-state index contributed by atoms with van der Waals surface area (Å²) in [6.45, 7) is 10.0. The monoisotopic (exact) mass is 263 g/mol. The summed E-state index contributed by atoms with van der Waals surface area (Å²) >= 11 is 0. The zero-order valence-corrected chi connectivity index (χ0v) is 12.9. The Morgan fingerprint density at radius 3 is 2.26 bits per heavy atom. The molecule has 0 saturated carbocycles. The van der Waals surface area contributed by atoms with Crippen LogP contribution in [-0.4, -0.2) is 18.3 Å². The molecule has 2 N–H and O–H groups in total. The van der Waals surface area contributed by atoms with E-state index >= 15 is 0 Å². The molecule has 108 valence electrons. The van der Waals surface area contributed by atoms with Crippen LogP contribution < -0.4 is 5.32 Å². The van der Waals surface area contributed by atoms with Gasteiger partial charge in [0.05, 0.1) is 0 Å². The molecule has 0 heterocycles. The molecule has 0 aromatic heterocycles. The summed E-state index contributed by atoms with van der Waals surface area (Å²) < 4.78 is 0. The molecule has 1 rings (SSSR count). The van der Waals surface area contributed by atoms with Gasteiger partial charge in [-0.15, -0.1) is 0 Å². The molecule has 0 saturated heterocycles. The fourth-order valence-corrected chi connectivity index (χ4v) is 2.66. The molecule has 0 aliphatic heterocycles. The average molecular weight is 263 g/mol. The SMILES string of the molecule is CCCC(CCO)CNC(C)c1cc(C)cc(C)c1. The van der Waals surface area contributed by atoms with E-state index in [1.54, 1.807) is 0 Å². The van der Waals surface area contributed by atoms with Crippen LogP contribution in [0.4, 0.5) is 0 Å². The molecule has 2 heteroatoms. The second-order valence-electron chi connectivity index (χ2n) is 5.72. The fraction of sp³-hybridized carbons (Fsp3) is 0.647. The van der Waals surface area contributed by atoms with E-state index < -0.39 is 0 Å². The number of aliphatic hydroxyl groups is 1. The molecular weight excluding hydrogens is 234 g/mol. The van der Waals surface area contributed by atoms with Crippen LogP contribution in [-0.2, 0) is 0 Å². The Hall–Kier alpha value is -0.860. The molecule has 0 spiro atoms. The number of hydrogen-bond acceptors (Lipinski definition) is 2. The van der Waals surface area contributed by atoms with Crippen molar-refractivity contribution in [1.82, 2.24) is 5.32 Å². The van der Waals surface area contributed by atoms with Gasteiger partial charge in [0.1, 0.15) is 0 Å². The Kier molecular flexibility index (Phi) is 7.11. The van der Waals surface area contributed by atoms with Gasteiger partial charge >= 0.3 is 0 Å². The average Bonchev–Trinajstić information content (AvgIpc) is 2.35. The lowest BCUT2D eigenvalue weighted by atomic mass is 9.98. The van der Waals surface area contributed by atoms with E-state index in [4.69, 9.17) is 5.11 Å². The lowest BCUT2D eigenvalue weighted by molar-refractivity contribution is 0.246. The standard InChI is InChI=1S/C17H29NO/c1-5-6-16(7-8-19)12-18-15(4)17-10-13(2)9-14(3)11-17/h9-11,15-16,18-19H,5-8,12H2,1-4H3. The summed E-state index contributed by atoms with van der Waals surface area (Å²) in [7, 11) is 0. The second kappa shape index (κ2) is 8.34. The highest BCUT2D eigenvalue weighted by molar-refractivity contribution is 5.30. The molecule has 0 amide bonds. The first-order valence-corrected chi connectivity index (χ1v) is 7.49. The van der Waals surface area contributed by atoms with Gasteiger partial charge in [0.2, 0.25) is 0 Å². The van der Waals surface area contributed by atoms with E-state index in [1.807, 2.05) is 0 Å². The lowest BCUT2D eigenvalue weighted by Crippen LogP contribution is -2.26. The summed E-state index contributed by atoms with van der Waals surface area (Å²) in [6, 6.07) is 7.09. The number of nitrogens with one attached hydrogen (secondary N) is 1. The smallest absolute Gasteiger partial charge is 0.0434 e. The predicted molar refractivity (Wildman–Crippen MR) is 82.4 cm³/mol. The molecule has 0 bridgehead atoms. The van der Waals surface area contributed by atoms with Gasteiger partial charge in [-0.2, -0.15) is 0 Å². The van der Waals surface area contributed by atoms with E-state index in [9.17, 15) is 0 Å². The third kappa shape index (κ3) is 5.75. The van der Waals surface area contributed by atoms with Gasteiger partial charge in [-0.1, -0.05) is 42.7 Å². The van der Waals surface area contributed by atoms with E-state index in [1.165, 1.54) is 29.5 Å². The van der Waals surface area contributed by atoms with Gasteiger partial charge < -0.3 is 10.4 Å². The maximum absolute atomic E-state index is 9.09. The Bertz CT molecular complexity index is 349. The summed E-state index contributed by atoms with van der Waals surface area (Å²) in [4.78, 5) is 0. The van der Waals surface area contributed by atoms with E-state index in [0.29, 0.717) is 18.6 Å². The maximum Gasteiger partial charge on any atom is 0.0434 e. The molecule has 0 aliphatic rings. The minimum Gasteiger partial charge on any atom is -0.396 e. The minimum absolute atomic E-state index is 0.296. The van der Waals surface area contributed by atoms with Crippen LogP contribution in [0.3, 0.4) is 0 Å². The third-order valence-corrected chi connectivity index (χ3v) is 3.69. The van der Waals surface area contributed by atoms with Crippen molar-refractivity contribution >= 4 is 0 Å². The number of aryl methyl sites for hydroxylation is 2. The predicted octanol–water partition coefficient (Wildman–Crippen LogP) is 3.75. The molecule has 0 radical (unpaired) electrons. The van der Waals surface area contributed by atoms with Crippen LogP contribution in [0.5, 0.6) is 0 Å². The number of hydrogen-bond donors (Lipinski definition) is 2. The molecule has 1 aromatic carbocycles. The Balaban J connectivity index is 2.55. The summed E-state index contributed by atoms with van der Waals surface area (Å²) in [5.41, 5.74) is 4.00. The van der Waals surface area contributed by atoms with Crippen molar-refractivity contribution in [3.05, 3.63) is 34.9 Å². The zero-order chi connectivity index (χ0) is 14.3. The topological polar surface area (TPSA) is 32.3 Å². The van der Waals surface area contributed by atoms with Crippen LogP contribution in [0, 0.1) is 19.8 Å². The van der Waals surface area contributed by atoms with Crippen molar-refractivity contribution in [1.29, 1.82) is 0 Å². The molecule has 19 heavy (non-hydrogen) atoms. The Labute approximate surface area is 118 Å². The van der Waals surface area contributed by atoms with Crippen LogP contribution in [0.15, 0.2) is 18.2 Å². The molecule has 0 aliphatic carbocycles. The van der Waals surface area contributed by atoms with Crippen molar-refractivity contribution < 1.29 is 5.11 Å². The van der Waals surface area contributed by atoms with Crippen LogP contribution >= 0.6 is 0 Å². The molecule has 2 atom stereocenters. The number of benzene rings is 1. The van der Waals surface area contributed by atoms with E-state index in [0.717, 1.165) is 13.0 Å². The summed E-state index contributed by atoms with van der Waals surface area (Å²) in [5.74, 6) is 0.586. The van der Waals surface area contributed by atoms with Gasteiger partial charge in [0, 0.05) is 12.6 Å². The second-order valence-corrected chi connectivity index (χ2v) is 5.72. The highest BCUT2D eigenvalue weighted by Gasteiger charge is 2.11. The fourth-order valence-electron chi connectivity index (χ4n) is 2.66. The largest absolute Gasteiger partial charge is 0.396 e. The molecule has 0 fully saturated rings. The Morgan fingerprint density at radius 2 is 1.74 bits per heavy atom. The first-order chi connectivity index (χ1) is 9.06. The zero-order valence-electron chi connectivity index (χ0n) is 12.9. The van der Waals surface area contributed by atoms with Gasteiger partial charge in [0.15, 0.2) is 0 Å². The van der Waals surface area contributed by atoms with Crippen molar-refractivity contribution in [2.45, 2.75) is 53.0 Å². The maximum atomic E-state index is 9.09. The summed E-state index contributed by atoms with van der Waals surface area (Å²) in [5, 5.41) is 12.7. The van der Waals surface area contributed by atoms with Crippen molar-refractivity contribution in [2.75, 3.05) is 13.2 Å². The van der Waals surface area contributed by atoms with Crippen LogP contribution in [0.1, 0.15) is 55.8 Å². The highest BCUT2D eigenvalue weighted by atomic mass is 16.3. The Morgan fingerprint density at radius 1 is 1.11 bits per heavy atom. The molecule has 1 aromatic rings. The van der Waals surface area contributed by atoms with E-state index in [2.05, 4.69) is 51.2 Å². The van der Waals surface area contributed by atoms with Crippen molar-refractivity contribution in [2.24, 2.45) is 5.92 Å². The lowest BCUT2D eigenvalue weighted by Gasteiger charge is -2.21. The summed E-state index contributed by atoms with van der Waals surface area (Å²) in [6.07, 6.45) is 3.28. The van der Waals surface area contributed by atoms with Crippen LogP contribution in [0.25, 0.3) is 0 Å². The van der Waals surface area contributed by atoms with Gasteiger partial charge in [-0.05, 0) is 51.6 Å². The van der Waals surface area contributed by atoms with Crippen LogP contribution in [0.2, 0.25) is 0 Å². The molecule has 2 nitrogen and oxygen atoms in total. The molecular formula is C17H29NO. The quantitative estimate of drug-likeness (QED) is 0.748. The highest BCUT2D eigenvalue weighted by Crippen LogP contribution is 2.18. The van der Waals surface area contributed by atoms with Crippen molar-refractivity contribution in [3.8, 4) is 0 Å². The normalized spacial score (nSPS) is 14.4. The number of rotatable bonds is 8.